The normalized spacial score (nSPS) is 17.5. The predicted octanol–water partition coefficient (Wildman–Crippen LogP) is 4.20. The number of benzene rings is 2. The van der Waals surface area contributed by atoms with Gasteiger partial charge in [-0.3, -0.25) is 4.79 Å². The fourth-order valence-corrected chi connectivity index (χ4v) is 4.80. The van der Waals surface area contributed by atoms with Gasteiger partial charge in [-0.2, -0.15) is 0 Å². The highest BCUT2D eigenvalue weighted by molar-refractivity contribution is 8.00. The van der Waals surface area contributed by atoms with Crippen molar-refractivity contribution in [1.29, 1.82) is 0 Å². The van der Waals surface area contributed by atoms with Crippen molar-refractivity contribution in [3.63, 3.8) is 0 Å². The van der Waals surface area contributed by atoms with Crippen LogP contribution >= 0.6 is 11.8 Å². The van der Waals surface area contributed by atoms with Crippen molar-refractivity contribution >= 4 is 23.4 Å². The topological polar surface area (TPSA) is 81.1 Å². The van der Waals surface area contributed by atoms with Crippen molar-refractivity contribution in [3.8, 4) is 5.75 Å². The smallest absolute Gasteiger partial charge is 0.240 e. The van der Waals surface area contributed by atoms with Crippen LogP contribution in [0.25, 0.3) is 0 Å². The molecule has 2 aromatic carbocycles. The van der Waals surface area contributed by atoms with Gasteiger partial charge in [-0.15, -0.1) is 10.2 Å². The standard InChI is InChI=1S/C23H27N5O2S/c1-4-8-19-25-26-23-28(19)27-20(16-11-13-17(30-3)14-12-16)21(31-23)22(29)24-18-10-7-6-9-15(18)5-2/h6-7,9-14,20-21,27H,4-5,8H2,1-3H3,(H,24,29)/t20-,21+/m0/s1. The highest BCUT2D eigenvalue weighted by Crippen LogP contribution is 2.38. The number of hydrogen-bond donors (Lipinski definition) is 2. The van der Waals surface area contributed by atoms with Gasteiger partial charge < -0.3 is 15.5 Å². The van der Waals surface area contributed by atoms with E-state index in [0.717, 1.165) is 47.7 Å². The first-order valence-electron chi connectivity index (χ1n) is 10.5. The molecule has 2 atom stereocenters. The highest BCUT2D eigenvalue weighted by Gasteiger charge is 2.38. The summed E-state index contributed by atoms with van der Waals surface area (Å²) in [5.74, 6) is 1.59. The zero-order valence-corrected chi connectivity index (χ0v) is 18.8. The Morgan fingerprint density at radius 3 is 2.65 bits per heavy atom. The molecule has 0 radical (unpaired) electrons. The van der Waals surface area contributed by atoms with Crippen molar-refractivity contribution < 1.29 is 9.53 Å². The Morgan fingerprint density at radius 1 is 1.16 bits per heavy atom. The van der Waals surface area contributed by atoms with E-state index in [1.165, 1.54) is 11.8 Å². The van der Waals surface area contributed by atoms with E-state index in [4.69, 9.17) is 4.74 Å². The predicted molar refractivity (Wildman–Crippen MR) is 123 cm³/mol. The van der Waals surface area contributed by atoms with E-state index in [9.17, 15) is 4.79 Å². The van der Waals surface area contributed by atoms with Crippen LogP contribution in [0.1, 0.15) is 43.3 Å². The van der Waals surface area contributed by atoms with Crippen LogP contribution in [0, 0.1) is 0 Å². The van der Waals surface area contributed by atoms with Crippen LogP contribution in [0.15, 0.2) is 53.7 Å². The Kier molecular flexibility index (Phi) is 6.46. The van der Waals surface area contributed by atoms with Crippen molar-refractivity contribution in [2.24, 2.45) is 0 Å². The molecule has 162 valence electrons. The van der Waals surface area contributed by atoms with Gasteiger partial charge >= 0.3 is 0 Å². The number of nitrogens with one attached hydrogen (secondary N) is 2. The zero-order chi connectivity index (χ0) is 21.8. The number of aryl methyl sites for hydroxylation is 2. The summed E-state index contributed by atoms with van der Waals surface area (Å²) >= 11 is 1.44. The number of hydrogen-bond acceptors (Lipinski definition) is 6. The Morgan fingerprint density at radius 2 is 1.94 bits per heavy atom. The summed E-state index contributed by atoms with van der Waals surface area (Å²) in [6.45, 7) is 4.19. The zero-order valence-electron chi connectivity index (χ0n) is 18.0. The second kappa shape index (κ2) is 9.43. The van der Waals surface area contributed by atoms with Crippen LogP contribution in [0.4, 0.5) is 5.69 Å². The van der Waals surface area contributed by atoms with Gasteiger partial charge in [0.1, 0.15) is 11.0 Å². The second-order valence-corrected chi connectivity index (χ2v) is 8.51. The largest absolute Gasteiger partial charge is 0.497 e. The molecule has 0 fully saturated rings. The Balaban J connectivity index is 1.67. The van der Waals surface area contributed by atoms with Crippen LogP contribution in [0.3, 0.4) is 0 Å². The third-order valence-corrected chi connectivity index (χ3v) is 6.58. The van der Waals surface area contributed by atoms with E-state index in [0.29, 0.717) is 5.16 Å². The maximum absolute atomic E-state index is 13.4. The Labute approximate surface area is 186 Å². The van der Waals surface area contributed by atoms with Crippen LogP contribution in [0.2, 0.25) is 0 Å². The van der Waals surface area contributed by atoms with Gasteiger partial charge in [-0.25, -0.2) is 4.68 Å². The van der Waals surface area contributed by atoms with Crippen LogP contribution in [-0.2, 0) is 17.6 Å². The Bertz CT molecular complexity index is 1050. The maximum atomic E-state index is 13.4. The van der Waals surface area contributed by atoms with Crippen LogP contribution in [-0.4, -0.2) is 33.1 Å². The lowest BCUT2D eigenvalue weighted by atomic mass is 10.0. The number of carbonyl (C=O) groups is 1. The first-order valence-corrected chi connectivity index (χ1v) is 11.4. The van der Waals surface area contributed by atoms with E-state index in [2.05, 4.69) is 34.8 Å². The number of fused-ring (bicyclic) bond motifs is 1. The van der Waals surface area contributed by atoms with Gasteiger partial charge in [0, 0.05) is 12.1 Å². The molecule has 0 aliphatic carbocycles. The molecule has 8 heteroatoms. The summed E-state index contributed by atoms with van der Waals surface area (Å²) in [5.41, 5.74) is 6.46. The number of methoxy groups -OCH3 is 1. The van der Waals surface area contributed by atoms with E-state index in [1.54, 1.807) is 7.11 Å². The SMILES string of the molecule is CCCc1nnc2n1N[C@@H](c1ccc(OC)cc1)[C@H](C(=O)Nc1ccccc1CC)S2. The number of aromatic nitrogens is 3. The second-order valence-electron chi connectivity index (χ2n) is 7.40. The van der Waals surface area contributed by atoms with Crippen molar-refractivity contribution in [1.82, 2.24) is 14.9 Å². The van der Waals surface area contributed by atoms with Crippen LogP contribution < -0.4 is 15.5 Å². The first-order chi connectivity index (χ1) is 15.1. The van der Waals surface area contributed by atoms with Gasteiger partial charge in [0.25, 0.3) is 0 Å². The highest BCUT2D eigenvalue weighted by atomic mass is 32.2. The molecule has 2 heterocycles. The molecule has 3 aromatic rings. The quantitative estimate of drug-likeness (QED) is 0.577. The van der Waals surface area contributed by atoms with E-state index >= 15 is 0 Å². The minimum atomic E-state index is -0.413. The molecule has 0 saturated heterocycles. The molecular weight excluding hydrogens is 410 g/mol. The average Bonchev–Trinajstić information content (AvgIpc) is 3.20. The summed E-state index contributed by atoms with van der Waals surface area (Å²) in [4.78, 5) is 13.4. The molecule has 2 N–H and O–H groups in total. The number of carbonyl (C=O) groups excluding carboxylic acids is 1. The minimum absolute atomic E-state index is 0.0643. The molecule has 1 aliphatic heterocycles. The fraction of sp³-hybridized carbons (Fsp3) is 0.348. The summed E-state index contributed by atoms with van der Waals surface area (Å²) in [6, 6.07) is 15.5. The molecule has 7 nitrogen and oxygen atoms in total. The average molecular weight is 438 g/mol. The number of anilines is 1. The van der Waals surface area contributed by atoms with Gasteiger partial charge in [0.15, 0.2) is 5.82 Å². The molecule has 1 aromatic heterocycles. The molecular formula is C23H27N5O2S. The number of rotatable bonds is 7. The lowest BCUT2D eigenvalue weighted by Gasteiger charge is -2.33. The lowest BCUT2D eigenvalue weighted by Crippen LogP contribution is -2.41. The molecule has 0 unspecified atom stereocenters. The Hall–Kier alpha value is -3.00. The number of amides is 1. The summed E-state index contributed by atoms with van der Waals surface area (Å²) < 4.78 is 7.22. The number of nitrogens with zero attached hydrogens (tertiary/aromatic N) is 3. The number of thioether (sulfide) groups is 1. The van der Waals surface area contributed by atoms with Crippen molar-refractivity contribution in [3.05, 3.63) is 65.5 Å². The third kappa shape index (κ3) is 4.39. The maximum Gasteiger partial charge on any atom is 0.240 e. The van der Waals surface area contributed by atoms with Gasteiger partial charge in [-0.1, -0.05) is 55.9 Å². The van der Waals surface area contributed by atoms with Crippen molar-refractivity contribution in [2.45, 2.75) is 49.6 Å². The molecule has 1 aliphatic rings. The third-order valence-electron chi connectivity index (χ3n) is 5.37. The van der Waals surface area contributed by atoms with E-state index in [-0.39, 0.29) is 11.9 Å². The fourth-order valence-electron chi connectivity index (χ4n) is 3.70. The van der Waals surface area contributed by atoms with Crippen LogP contribution in [0.5, 0.6) is 5.75 Å². The number of ether oxygens (including phenoxy) is 1. The van der Waals surface area contributed by atoms with E-state index < -0.39 is 5.25 Å². The molecule has 0 spiro atoms. The number of para-hydroxylation sites is 1. The lowest BCUT2D eigenvalue weighted by molar-refractivity contribution is -0.116. The molecule has 31 heavy (non-hydrogen) atoms. The monoisotopic (exact) mass is 437 g/mol. The molecule has 0 saturated carbocycles. The van der Waals surface area contributed by atoms with Gasteiger partial charge in [0.2, 0.25) is 11.1 Å². The summed E-state index contributed by atoms with van der Waals surface area (Å²) in [6.07, 6.45) is 2.63. The van der Waals surface area contributed by atoms with E-state index in [1.807, 2.05) is 53.2 Å². The molecule has 4 rings (SSSR count). The van der Waals surface area contributed by atoms with Gasteiger partial charge in [-0.05, 0) is 42.2 Å². The molecule has 1 amide bonds. The summed E-state index contributed by atoms with van der Waals surface area (Å²) in [5, 5.41) is 12.1. The molecule has 0 bridgehead atoms. The summed E-state index contributed by atoms with van der Waals surface area (Å²) in [7, 11) is 1.64. The first kappa shape index (κ1) is 21.2. The van der Waals surface area contributed by atoms with Crippen molar-refractivity contribution in [2.75, 3.05) is 17.9 Å². The minimum Gasteiger partial charge on any atom is -0.497 e. The van der Waals surface area contributed by atoms with Gasteiger partial charge in [0.05, 0.1) is 13.2 Å².